The zero-order valence-electron chi connectivity index (χ0n) is 11.3. The number of amides is 1. The lowest BCUT2D eigenvalue weighted by Gasteiger charge is -2.05. The van der Waals surface area contributed by atoms with E-state index in [1.54, 1.807) is 0 Å². The van der Waals surface area contributed by atoms with Gasteiger partial charge in [0.2, 0.25) is 0 Å². The molecule has 4 heteroatoms. The van der Waals surface area contributed by atoms with Crippen LogP contribution >= 0.6 is 0 Å². The first-order valence-electron chi connectivity index (χ1n) is 6.41. The first-order valence-corrected chi connectivity index (χ1v) is 6.41. The number of carbonyl (C=O) groups excluding carboxylic acids is 1. The van der Waals surface area contributed by atoms with Crippen molar-refractivity contribution >= 4 is 5.91 Å². The van der Waals surface area contributed by atoms with Gasteiger partial charge in [-0.1, -0.05) is 24.0 Å². The SMILES string of the molecule is O=C(NCc1ccc(C#CCO)cc1)c1ccc(F)cc1. The second kappa shape index (κ2) is 7.22. The lowest BCUT2D eigenvalue weighted by atomic mass is 10.1. The van der Waals surface area contributed by atoms with E-state index < -0.39 is 0 Å². The van der Waals surface area contributed by atoms with Crippen LogP contribution in [0.1, 0.15) is 21.5 Å². The van der Waals surface area contributed by atoms with E-state index in [0.29, 0.717) is 12.1 Å². The zero-order valence-corrected chi connectivity index (χ0v) is 11.3. The fraction of sp³-hybridized carbons (Fsp3) is 0.118. The van der Waals surface area contributed by atoms with E-state index in [0.717, 1.165) is 11.1 Å². The van der Waals surface area contributed by atoms with Crippen molar-refractivity contribution in [2.24, 2.45) is 0 Å². The normalized spacial score (nSPS) is 9.62. The molecule has 0 atom stereocenters. The molecule has 0 aliphatic heterocycles. The first kappa shape index (κ1) is 14.8. The highest BCUT2D eigenvalue weighted by atomic mass is 19.1. The molecule has 0 saturated heterocycles. The number of halogens is 1. The van der Waals surface area contributed by atoms with Crippen LogP contribution in [-0.4, -0.2) is 17.6 Å². The molecule has 1 amide bonds. The third-order valence-corrected chi connectivity index (χ3v) is 2.83. The summed E-state index contributed by atoms with van der Waals surface area (Å²) in [6.45, 7) is 0.208. The molecule has 0 aromatic heterocycles. The maximum absolute atomic E-state index is 12.8. The molecular weight excluding hydrogens is 269 g/mol. The van der Waals surface area contributed by atoms with E-state index in [1.807, 2.05) is 24.3 Å². The number of benzene rings is 2. The number of rotatable bonds is 3. The van der Waals surface area contributed by atoms with E-state index in [2.05, 4.69) is 17.2 Å². The summed E-state index contributed by atoms with van der Waals surface area (Å²) >= 11 is 0. The smallest absolute Gasteiger partial charge is 0.251 e. The van der Waals surface area contributed by atoms with Crippen LogP contribution in [0.3, 0.4) is 0 Å². The molecule has 2 aromatic carbocycles. The van der Waals surface area contributed by atoms with Crippen LogP contribution < -0.4 is 5.32 Å². The molecule has 0 unspecified atom stereocenters. The molecule has 0 radical (unpaired) electrons. The Labute approximate surface area is 122 Å². The molecule has 0 heterocycles. The van der Waals surface area contributed by atoms with Crippen LogP contribution in [0.15, 0.2) is 48.5 Å². The molecule has 0 bridgehead atoms. The standard InChI is InChI=1S/C17H14FNO2/c18-16-9-7-15(8-10-16)17(21)19-12-14-5-3-13(4-6-14)2-1-11-20/h3-10,20H,11-12H2,(H,19,21). The number of aliphatic hydroxyl groups is 1. The van der Waals surface area contributed by atoms with Gasteiger partial charge in [0.25, 0.3) is 5.91 Å². The summed E-state index contributed by atoms with van der Waals surface area (Å²) in [6.07, 6.45) is 0. The molecule has 2 rings (SSSR count). The Hall–Kier alpha value is -2.64. The minimum absolute atomic E-state index is 0.171. The second-order valence-electron chi connectivity index (χ2n) is 4.35. The number of nitrogens with one attached hydrogen (secondary N) is 1. The molecule has 0 aliphatic rings. The van der Waals surface area contributed by atoms with Gasteiger partial charge in [0.15, 0.2) is 0 Å². The minimum Gasteiger partial charge on any atom is -0.384 e. The summed E-state index contributed by atoms with van der Waals surface area (Å²) in [5.41, 5.74) is 2.15. The first-order chi connectivity index (χ1) is 10.2. The third kappa shape index (κ3) is 4.44. The van der Waals surface area contributed by atoms with Gasteiger partial charge in [-0.05, 0) is 42.0 Å². The highest BCUT2D eigenvalue weighted by Crippen LogP contribution is 2.05. The monoisotopic (exact) mass is 283 g/mol. The molecule has 21 heavy (non-hydrogen) atoms. The molecular formula is C17H14FNO2. The number of aliphatic hydroxyl groups excluding tert-OH is 1. The van der Waals surface area contributed by atoms with Gasteiger partial charge in [-0.2, -0.15) is 0 Å². The highest BCUT2D eigenvalue weighted by molar-refractivity contribution is 5.94. The van der Waals surface area contributed by atoms with E-state index in [4.69, 9.17) is 5.11 Å². The quantitative estimate of drug-likeness (QED) is 0.848. The Morgan fingerprint density at radius 2 is 1.76 bits per heavy atom. The number of carbonyl (C=O) groups is 1. The molecule has 0 aliphatic carbocycles. The zero-order chi connectivity index (χ0) is 15.1. The molecule has 2 N–H and O–H groups in total. The van der Waals surface area contributed by atoms with Crippen LogP contribution in [0.4, 0.5) is 4.39 Å². The molecule has 0 saturated carbocycles. The fourth-order valence-corrected chi connectivity index (χ4v) is 1.73. The van der Waals surface area contributed by atoms with Crippen LogP contribution in [0.2, 0.25) is 0 Å². The molecule has 3 nitrogen and oxygen atoms in total. The van der Waals surface area contributed by atoms with Crippen molar-refractivity contribution in [1.82, 2.24) is 5.32 Å². The van der Waals surface area contributed by atoms with Gasteiger partial charge in [-0.15, -0.1) is 0 Å². The molecule has 0 fully saturated rings. The van der Waals surface area contributed by atoms with Crippen molar-refractivity contribution in [2.75, 3.05) is 6.61 Å². The van der Waals surface area contributed by atoms with Crippen molar-refractivity contribution in [1.29, 1.82) is 0 Å². The Morgan fingerprint density at radius 3 is 2.38 bits per heavy atom. The minimum atomic E-state index is -0.369. The lowest BCUT2D eigenvalue weighted by molar-refractivity contribution is 0.0951. The van der Waals surface area contributed by atoms with E-state index in [-0.39, 0.29) is 18.3 Å². The third-order valence-electron chi connectivity index (χ3n) is 2.83. The summed E-state index contributed by atoms with van der Waals surface area (Å²) in [5, 5.41) is 11.4. The predicted molar refractivity (Wildman–Crippen MR) is 78.0 cm³/mol. The Balaban J connectivity index is 1.93. The van der Waals surface area contributed by atoms with Gasteiger partial charge in [-0.25, -0.2) is 4.39 Å². The lowest BCUT2D eigenvalue weighted by Crippen LogP contribution is -2.22. The molecule has 106 valence electrons. The van der Waals surface area contributed by atoms with Gasteiger partial charge in [-0.3, -0.25) is 4.79 Å². The maximum Gasteiger partial charge on any atom is 0.251 e. The largest absolute Gasteiger partial charge is 0.384 e. The van der Waals surface area contributed by atoms with Crippen molar-refractivity contribution in [3.8, 4) is 11.8 Å². The summed E-state index contributed by atoms with van der Waals surface area (Å²) in [6, 6.07) is 12.7. The van der Waals surface area contributed by atoms with Crippen molar-refractivity contribution in [3.05, 3.63) is 71.0 Å². The average molecular weight is 283 g/mol. The van der Waals surface area contributed by atoms with Crippen LogP contribution in [-0.2, 0) is 6.54 Å². The van der Waals surface area contributed by atoms with E-state index in [9.17, 15) is 9.18 Å². The van der Waals surface area contributed by atoms with Gasteiger partial charge in [0.05, 0.1) is 0 Å². The van der Waals surface area contributed by atoms with Crippen LogP contribution in [0, 0.1) is 17.7 Å². The topological polar surface area (TPSA) is 49.3 Å². The van der Waals surface area contributed by atoms with Gasteiger partial charge in [0.1, 0.15) is 12.4 Å². The van der Waals surface area contributed by atoms with Crippen LogP contribution in [0.25, 0.3) is 0 Å². The average Bonchev–Trinajstić information content (AvgIpc) is 2.52. The van der Waals surface area contributed by atoms with Crippen molar-refractivity contribution in [3.63, 3.8) is 0 Å². The summed E-state index contributed by atoms with van der Waals surface area (Å²) in [4.78, 5) is 11.9. The molecule has 0 spiro atoms. The number of hydrogen-bond acceptors (Lipinski definition) is 2. The van der Waals surface area contributed by atoms with Gasteiger partial charge >= 0.3 is 0 Å². The van der Waals surface area contributed by atoms with Gasteiger partial charge in [0, 0.05) is 17.7 Å². The second-order valence-corrected chi connectivity index (χ2v) is 4.35. The Bertz CT molecular complexity index is 667. The predicted octanol–water partition coefficient (Wildman–Crippen LogP) is 2.10. The summed E-state index contributed by atoms with van der Waals surface area (Å²) in [5.74, 6) is 4.74. The maximum atomic E-state index is 12.8. The summed E-state index contributed by atoms with van der Waals surface area (Å²) < 4.78 is 12.8. The highest BCUT2D eigenvalue weighted by Gasteiger charge is 2.04. The van der Waals surface area contributed by atoms with Gasteiger partial charge < -0.3 is 10.4 Å². The van der Waals surface area contributed by atoms with Crippen molar-refractivity contribution < 1.29 is 14.3 Å². The fourth-order valence-electron chi connectivity index (χ4n) is 1.73. The number of hydrogen-bond donors (Lipinski definition) is 2. The van der Waals surface area contributed by atoms with Crippen LogP contribution in [0.5, 0.6) is 0 Å². The Kier molecular flexibility index (Phi) is 5.08. The van der Waals surface area contributed by atoms with Crippen molar-refractivity contribution in [2.45, 2.75) is 6.54 Å². The van der Waals surface area contributed by atoms with E-state index >= 15 is 0 Å². The summed E-state index contributed by atoms with van der Waals surface area (Å²) in [7, 11) is 0. The van der Waals surface area contributed by atoms with E-state index in [1.165, 1.54) is 24.3 Å². The Morgan fingerprint density at radius 1 is 1.10 bits per heavy atom. The molecule has 2 aromatic rings.